The maximum atomic E-state index is 7.62. The van der Waals surface area contributed by atoms with Gasteiger partial charge >= 0.3 is 0 Å². The average Bonchev–Trinajstić information content (AvgIpc) is 3.19. The molecule has 0 saturated heterocycles. The van der Waals surface area contributed by atoms with Crippen LogP contribution in [-0.2, 0) is 0 Å². The van der Waals surface area contributed by atoms with Crippen molar-refractivity contribution >= 4 is 17.2 Å². The predicted molar refractivity (Wildman–Crippen MR) is 109 cm³/mol. The molecule has 0 unspecified atom stereocenters. The lowest BCUT2D eigenvalue weighted by Gasteiger charge is -2.06. The molecule has 0 radical (unpaired) electrons. The van der Waals surface area contributed by atoms with Crippen LogP contribution in [0.3, 0.4) is 0 Å². The zero-order valence-corrected chi connectivity index (χ0v) is 14.8. The van der Waals surface area contributed by atoms with Gasteiger partial charge in [-0.15, -0.1) is 11.3 Å². The first-order valence-electron chi connectivity index (χ1n) is 8.27. The van der Waals surface area contributed by atoms with E-state index in [9.17, 15) is 0 Å². The molecule has 0 aliphatic rings. The van der Waals surface area contributed by atoms with Crippen molar-refractivity contribution in [3.05, 3.63) is 89.8 Å². The highest BCUT2D eigenvalue weighted by atomic mass is 32.1. The number of hydrogen-bond acceptors (Lipinski definition) is 3. The fraction of sp³-hybridized carbons (Fsp3) is 0. The minimum absolute atomic E-state index is 0.0787. The highest BCUT2D eigenvalue weighted by Gasteiger charge is 2.08. The van der Waals surface area contributed by atoms with Crippen molar-refractivity contribution in [3.63, 3.8) is 0 Å². The molecule has 4 aromatic rings. The van der Waals surface area contributed by atoms with E-state index in [0.717, 1.165) is 38.5 Å². The average molecular weight is 355 g/mol. The van der Waals surface area contributed by atoms with Crippen LogP contribution in [0.5, 0.6) is 0 Å². The van der Waals surface area contributed by atoms with E-state index < -0.39 is 0 Å². The number of nitrogens with one attached hydrogen (secondary N) is 1. The summed E-state index contributed by atoms with van der Waals surface area (Å²) in [4.78, 5) is 4.80. The van der Waals surface area contributed by atoms with Crippen LogP contribution in [0, 0.1) is 5.41 Å². The van der Waals surface area contributed by atoms with Crippen LogP contribution in [-0.4, -0.2) is 10.8 Å². The van der Waals surface area contributed by atoms with E-state index in [0.29, 0.717) is 0 Å². The largest absolute Gasteiger partial charge is 0.384 e. The third-order valence-electron chi connectivity index (χ3n) is 4.19. The Hall–Kier alpha value is -3.24. The first kappa shape index (κ1) is 16.2. The summed E-state index contributed by atoms with van der Waals surface area (Å²) in [6.45, 7) is 0. The van der Waals surface area contributed by atoms with E-state index in [1.54, 1.807) is 11.3 Å². The van der Waals surface area contributed by atoms with Crippen molar-refractivity contribution in [2.45, 2.75) is 0 Å². The Bertz CT molecular complexity index is 1070. The van der Waals surface area contributed by atoms with E-state index in [1.807, 2.05) is 48.5 Å². The third-order valence-corrected chi connectivity index (χ3v) is 5.08. The van der Waals surface area contributed by atoms with Gasteiger partial charge in [0.1, 0.15) is 10.8 Å². The van der Waals surface area contributed by atoms with E-state index >= 15 is 0 Å². The molecule has 1 aromatic heterocycles. The van der Waals surface area contributed by atoms with Crippen LogP contribution in [0.25, 0.3) is 33.0 Å². The molecule has 1 heterocycles. The van der Waals surface area contributed by atoms with E-state index in [-0.39, 0.29) is 5.84 Å². The first-order valence-corrected chi connectivity index (χ1v) is 9.15. The first-order chi connectivity index (χ1) is 12.7. The molecule has 0 spiro atoms. The zero-order valence-electron chi connectivity index (χ0n) is 14.0. The summed E-state index contributed by atoms with van der Waals surface area (Å²) in [5.41, 5.74) is 11.6. The lowest BCUT2D eigenvalue weighted by atomic mass is 10.00. The molecular weight excluding hydrogens is 338 g/mol. The Labute approximate surface area is 156 Å². The van der Waals surface area contributed by atoms with Crippen LogP contribution in [0.2, 0.25) is 0 Å². The number of nitrogens with zero attached hydrogens (tertiary/aromatic N) is 1. The Morgan fingerprint density at radius 3 is 2.19 bits per heavy atom. The monoisotopic (exact) mass is 355 g/mol. The molecule has 126 valence electrons. The van der Waals surface area contributed by atoms with Crippen LogP contribution in [0.4, 0.5) is 0 Å². The Morgan fingerprint density at radius 1 is 0.769 bits per heavy atom. The van der Waals surface area contributed by atoms with Gasteiger partial charge in [-0.05, 0) is 23.3 Å². The van der Waals surface area contributed by atoms with Gasteiger partial charge in [-0.1, -0.05) is 66.7 Å². The van der Waals surface area contributed by atoms with Gasteiger partial charge < -0.3 is 5.73 Å². The number of nitrogen functional groups attached to an aromatic ring is 1. The molecule has 4 rings (SSSR count). The number of hydrogen-bond donors (Lipinski definition) is 2. The van der Waals surface area contributed by atoms with Gasteiger partial charge in [-0.2, -0.15) is 0 Å². The summed E-state index contributed by atoms with van der Waals surface area (Å²) in [6.07, 6.45) is 0. The van der Waals surface area contributed by atoms with Gasteiger partial charge in [0.05, 0.1) is 5.69 Å². The summed E-state index contributed by atoms with van der Waals surface area (Å²) in [5, 5.41) is 10.7. The predicted octanol–water partition coefficient (Wildman–Crippen LogP) is 5.43. The smallest absolute Gasteiger partial charge is 0.124 e. The van der Waals surface area contributed by atoms with E-state index in [2.05, 4.69) is 35.7 Å². The fourth-order valence-corrected chi connectivity index (χ4v) is 3.68. The molecule has 26 heavy (non-hydrogen) atoms. The van der Waals surface area contributed by atoms with Crippen LogP contribution in [0.1, 0.15) is 5.56 Å². The van der Waals surface area contributed by atoms with Gasteiger partial charge in [0.2, 0.25) is 0 Å². The Morgan fingerprint density at radius 2 is 1.42 bits per heavy atom. The molecule has 0 aliphatic carbocycles. The summed E-state index contributed by atoms with van der Waals surface area (Å²) < 4.78 is 0. The molecule has 3 N–H and O–H groups in total. The van der Waals surface area contributed by atoms with Gasteiger partial charge in [-0.3, -0.25) is 5.41 Å². The van der Waals surface area contributed by atoms with Crippen molar-refractivity contribution in [3.8, 4) is 33.0 Å². The van der Waals surface area contributed by atoms with Gasteiger partial charge in [0.15, 0.2) is 0 Å². The van der Waals surface area contributed by atoms with E-state index in [4.69, 9.17) is 16.1 Å². The zero-order chi connectivity index (χ0) is 17.9. The summed E-state index contributed by atoms with van der Waals surface area (Å²) in [7, 11) is 0. The van der Waals surface area contributed by atoms with Gasteiger partial charge in [0.25, 0.3) is 0 Å². The summed E-state index contributed by atoms with van der Waals surface area (Å²) in [5.74, 6) is 0.0787. The highest BCUT2D eigenvalue weighted by Crippen LogP contribution is 2.31. The minimum atomic E-state index is 0.0787. The second-order valence-electron chi connectivity index (χ2n) is 5.98. The lowest BCUT2D eigenvalue weighted by Crippen LogP contribution is -2.10. The highest BCUT2D eigenvalue weighted by molar-refractivity contribution is 7.13. The molecular formula is C22H17N3S. The molecule has 0 saturated carbocycles. The number of nitrogens with two attached hydrogens (primary N) is 1. The van der Waals surface area contributed by atoms with Crippen LogP contribution < -0.4 is 5.73 Å². The summed E-state index contributed by atoms with van der Waals surface area (Å²) >= 11 is 1.65. The fourth-order valence-electron chi connectivity index (χ4n) is 2.84. The molecule has 0 amide bonds. The molecule has 3 nitrogen and oxygen atoms in total. The Balaban J connectivity index is 1.70. The van der Waals surface area contributed by atoms with Crippen molar-refractivity contribution in [1.29, 1.82) is 5.41 Å². The van der Waals surface area contributed by atoms with Gasteiger partial charge in [0, 0.05) is 22.1 Å². The minimum Gasteiger partial charge on any atom is -0.384 e. The number of aromatic nitrogens is 1. The Kier molecular flexibility index (Phi) is 4.33. The van der Waals surface area contributed by atoms with Crippen molar-refractivity contribution < 1.29 is 0 Å². The van der Waals surface area contributed by atoms with E-state index in [1.165, 1.54) is 0 Å². The standard InChI is InChI=1S/C22H17N3S/c23-21(24)19-11-5-9-17(13-19)16-8-4-10-18(12-16)20-14-26-22(25-20)15-6-2-1-3-7-15/h1-14H,(H3,23,24). The molecule has 0 atom stereocenters. The second-order valence-corrected chi connectivity index (χ2v) is 6.84. The van der Waals surface area contributed by atoms with Crippen molar-refractivity contribution in [2.24, 2.45) is 5.73 Å². The molecule has 0 fully saturated rings. The number of thiazole rings is 1. The topological polar surface area (TPSA) is 62.8 Å². The summed E-state index contributed by atoms with van der Waals surface area (Å²) in [6, 6.07) is 26.3. The molecule has 3 aromatic carbocycles. The maximum absolute atomic E-state index is 7.62. The number of benzene rings is 3. The lowest BCUT2D eigenvalue weighted by molar-refractivity contribution is 1.40. The van der Waals surface area contributed by atoms with Crippen LogP contribution in [0.15, 0.2) is 84.2 Å². The molecule has 0 bridgehead atoms. The molecule has 0 aliphatic heterocycles. The second kappa shape index (κ2) is 6.94. The molecule has 4 heteroatoms. The van der Waals surface area contributed by atoms with Gasteiger partial charge in [-0.25, -0.2) is 4.98 Å². The van der Waals surface area contributed by atoms with Crippen molar-refractivity contribution in [1.82, 2.24) is 4.98 Å². The maximum Gasteiger partial charge on any atom is 0.124 e. The quantitative estimate of drug-likeness (QED) is 0.379. The number of amidine groups is 1. The third kappa shape index (κ3) is 3.27. The SMILES string of the molecule is N=C(N)c1cccc(-c2cccc(-c3csc(-c4ccccc4)n3)c2)c1. The number of rotatable bonds is 4. The normalized spacial score (nSPS) is 10.6. The van der Waals surface area contributed by atoms with Crippen LogP contribution >= 0.6 is 11.3 Å². The van der Waals surface area contributed by atoms with Crippen molar-refractivity contribution in [2.75, 3.05) is 0 Å².